The maximum atomic E-state index is 12.3. The van der Waals surface area contributed by atoms with E-state index in [1.54, 1.807) is 35.2 Å². The summed E-state index contributed by atoms with van der Waals surface area (Å²) in [4.78, 5) is 30.0. The van der Waals surface area contributed by atoms with Crippen LogP contribution in [-0.2, 0) is 16.1 Å². The summed E-state index contributed by atoms with van der Waals surface area (Å²) in [7, 11) is 1.60. The molecule has 132 valence electrons. The van der Waals surface area contributed by atoms with E-state index in [0.29, 0.717) is 19.6 Å². The number of amides is 2. The van der Waals surface area contributed by atoms with Crippen LogP contribution in [0.15, 0.2) is 36.9 Å². The SMILES string of the molecule is COc1ccc(N2C[C@H](C(=O)NCCCn3cncn3)CC2=O)cc1. The van der Waals surface area contributed by atoms with Crippen LogP contribution in [0.2, 0.25) is 0 Å². The fourth-order valence-electron chi connectivity index (χ4n) is 2.84. The molecule has 8 nitrogen and oxygen atoms in total. The number of aromatic nitrogens is 3. The number of methoxy groups -OCH3 is 1. The number of hydrogen-bond acceptors (Lipinski definition) is 5. The van der Waals surface area contributed by atoms with Gasteiger partial charge in [0, 0.05) is 31.7 Å². The van der Waals surface area contributed by atoms with Crippen LogP contribution in [0, 0.1) is 5.92 Å². The average Bonchev–Trinajstić information content (AvgIpc) is 3.28. The van der Waals surface area contributed by atoms with E-state index in [1.165, 1.54) is 6.33 Å². The summed E-state index contributed by atoms with van der Waals surface area (Å²) >= 11 is 0. The van der Waals surface area contributed by atoms with Gasteiger partial charge in [0.05, 0.1) is 13.0 Å². The third kappa shape index (κ3) is 4.14. The van der Waals surface area contributed by atoms with Crippen molar-refractivity contribution in [1.29, 1.82) is 0 Å². The van der Waals surface area contributed by atoms with Crippen LogP contribution in [0.3, 0.4) is 0 Å². The highest BCUT2D eigenvalue weighted by molar-refractivity contribution is 6.00. The second kappa shape index (κ2) is 7.78. The third-order valence-electron chi connectivity index (χ3n) is 4.21. The van der Waals surface area contributed by atoms with E-state index in [2.05, 4.69) is 15.4 Å². The van der Waals surface area contributed by atoms with Gasteiger partial charge in [-0.25, -0.2) is 4.98 Å². The van der Waals surface area contributed by atoms with Crippen molar-refractivity contribution in [1.82, 2.24) is 20.1 Å². The Bertz CT molecular complexity index is 714. The molecule has 1 atom stereocenters. The van der Waals surface area contributed by atoms with Crippen LogP contribution in [0.25, 0.3) is 0 Å². The lowest BCUT2D eigenvalue weighted by Crippen LogP contribution is -2.33. The molecule has 0 aliphatic carbocycles. The van der Waals surface area contributed by atoms with Gasteiger partial charge >= 0.3 is 0 Å². The van der Waals surface area contributed by atoms with E-state index in [1.807, 2.05) is 12.1 Å². The van der Waals surface area contributed by atoms with Gasteiger partial charge in [-0.2, -0.15) is 5.10 Å². The number of benzene rings is 1. The van der Waals surface area contributed by atoms with Crippen molar-refractivity contribution in [3.05, 3.63) is 36.9 Å². The molecule has 0 spiro atoms. The topological polar surface area (TPSA) is 89.3 Å². The van der Waals surface area contributed by atoms with E-state index in [9.17, 15) is 9.59 Å². The molecule has 25 heavy (non-hydrogen) atoms. The third-order valence-corrected chi connectivity index (χ3v) is 4.21. The van der Waals surface area contributed by atoms with Gasteiger partial charge in [0.1, 0.15) is 18.4 Å². The number of aryl methyl sites for hydroxylation is 1. The number of rotatable bonds is 7. The zero-order chi connectivity index (χ0) is 17.6. The maximum Gasteiger partial charge on any atom is 0.227 e. The molecule has 1 aliphatic heterocycles. The molecule has 1 aromatic heterocycles. The summed E-state index contributed by atoms with van der Waals surface area (Å²) < 4.78 is 6.84. The molecule has 1 N–H and O–H groups in total. The summed E-state index contributed by atoms with van der Waals surface area (Å²) in [5, 5.41) is 6.91. The Morgan fingerprint density at radius 2 is 2.16 bits per heavy atom. The summed E-state index contributed by atoms with van der Waals surface area (Å²) in [6, 6.07) is 7.27. The van der Waals surface area contributed by atoms with Crippen molar-refractivity contribution in [2.45, 2.75) is 19.4 Å². The molecule has 2 aromatic rings. The first-order valence-electron chi connectivity index (χ1n) is 8.22. The van der Waals surface area contributed by atoms with Gasteiger partial charge in [-0.1, -0.05) is 0 Å². The summed E-state index contributed by atoms with van der Waals surface area (Å²) in [5.41, 5.74) is 0.785. The standard InChI is InChI=1S/C17H21N5O3/c1-25-15-5-3-14(4-6-15)22-10-13(9-16(22)23)17(24)19-7-2-8-21-12-18-11-20-21/h3-6,11-13H,2,7-10H2,1H3,(H,19,24)/t13-/m1/s1. The van der Waals surface area contributed by atoms with Gasteiger partial charge < -0.3 is 15.0 Å². The molecule has 0 bridgehead atoms. The van der Waals surface area contributed by atoms with E-state index in [-0.39, 0.29) is 24.2 Å². The molecule has 3 rings (SSSR count). The number of carbonyl (C=O) groups excluding carboxylic acids is 2. The number of hydrogen-bond donors (Lipinski definition) is 1. The Balaban J connectivity index is 1.48. The van der Waals surface area contributed by atoms with Crippen LogP contribution in [0.4, 0.5) is 5.69 Å². The minimum Gasteiger partial charge on any atom is -0.497 e. The van der Waals surface area contributed by atoms with Crippen molar-refractivity contribution in [3.63, 3.8) is 0 Å². The van der Waals surface area contributed by atoms with Crippen LogP contribution in [0.5, 0.6) is 5.75 Å². The number of carbonyl (C=O) groups is 2. The monoisotopic (exact) mass is 343 g/mol. The number of ether oxygens (including phenoxy) is 1. The fraction of sp³-hybridized carbons (Fsp3) is 0.412. The van der Waals surface area contributed by atoms with Gasteiger partial charge in [0.2, 0.25) is 11.8 Å². The van der Waals surface area contributed by atoms with Crippen LogP contribution >= 0.6 is 0 Å². The highest BCUT2D eigenvalue weighted by Gasteiger charge is 2.34. The minimum atomic E-state index is -0.319. The first-order chi connectivity index (χ1) is 12.2. The Morgan fingerprint density at radius 3 is 2.84 bits per heavy atom. The first-order valence-corrected chi connectivity index (χ1v) is 8.22. The second-order valence-corrected chi connectivity index (χ2v) is 5.91. The van der Waals surface area contributed by atoms with Gasteiger partial charge in [-0.05, 0) is 30.7 Å². The van der Waals surface area contributed by atoms with E-state index >= 15 is 0 Å². The lowest BCUT2D eigenvalue weighted by atomic mass is 10.1. The molecule has 2 amide bonds. The second-order valence-electron chi connectivity index (χ2n) is 5.91. The molecule has 8 heteroatoms. The van der Waals surface area contributed by atoms with Gasteiger partial charge in [0.25, 0.3) is 0 Å². The van der Waals surface area contributed by atoms with E-state index in [4.69, 9.17) is 4.74 Å². The van der Waals surface area contributed by atoms with Crippen molar-refractivity contribution < 1.29 is 14.3 Å². The zero-order valence-electron chi connectivity index (χ0n) is 14.1. The Labute approximate surface area is 145 Å². The first kappa shape index (κ1) is 16.9. The highest BCUT2D eigenvalue weighted by atomic mass is 16.5. The lowest BCUT2D eigenvalue weighted by molar-refractivity contribution is -0.126. The zero-order valence-corrected chi connectivity index (χ0v) is 14.1. The Hall–Kier alpha value is -2.90. The maximum absolute atomic E-state index is 12.3. The molecule has 0 unspecified atom stereocenters. The molecule has 1 saturated heterocycles. The predicted molar refractivity (Wildman–Crippen MR) is 91.1 cm³/mol. The largest absolute Gasteiger partial charge is 0.497 e. The number of nitrogens with one attached hydrogen (secondary N) is 1. The number of nitrogens with zero attached hydrogens (tertiary/aromatic N) is 4. The summed E-state index contributed by atoms with van der Waals surface area (Å²) in [6.45, 7) is 1.65. The molecular formula is C17H21N5O3. The predicted octanol–water partition coefficient (Wildman–Crippen LogP) is 0.846. The lowest BCUT2D eigenvalue weighted by Gasteiger charge is -2.17. The van der Waals surface area contributed by atoms with Crippen molar-refractivity contribution in [2.75, 3.05) is 25.1 Å². The molecule has 1 aromatic carbocycles. The van der Waals surface area contributed by atoms with E-state index in [0.717, 1.165) is 17.9 Å². The van der Waals surface area contributed by atoms with Crippen LogP contribution < -0.4 is 15.0 Å². The summed E-state index contributed by atoms with van der Waals surface area (Å²) in [5.74, 6) is 0.300. The van der Waals surface area contributed by atoms with Crippen LogP contribution in [0.1, 0.15) is 12.8 Å². The molecular weight excluding hydrogens is 322 g/mol. The van der Waals surface area contributed by atoms with E-state index < -0.39 is 0 Å². The highest BCUT2D eigenvalue weighted by Crippen LogP contribution is 2.26. The van der Waals surface area contributed by atoms with Crippen molar-refractivity contribution in [2.24, 2.45) is 5.92 Å². The quantitative estimate of drug-likeness (QED) is 0.753. The van der Waals surface area contributed by atoms with Crippen LogP contribution in [-0.4, -0.2) is 46.8 Å². The molecule has 0 saturated carbocycles. The average molecular weight is 343 g/mol. The fourth-order valence-corrected chi connectivity index (χ4v) is 2.84. The Kier molecular flexibility index (Phi) is 5.27. The van der Waals surface area contributed by atoms with Crippen molar-refractivity contribution in [3.8, 4) is 5.75 Å². The molecule has 0 radical (unpaired) electrons. The molecule has 1 aliphatic rings. The summed E-state index contributed by atoms with van der Waals surface area (Å²) in [6.07, 6.45) is 4.12. The molecule has 2 heterocycles. The Morgan fingerprint density at radius 1 is 1.36 bits per heavy atom. The van der Waals surface area contributed by atoms with Crippen molar-refractivity contribution >= 4 is 17.5 Å². The molecule has 1 fully saturated rings. The number of anilines is 1. The van der Waals surface area contributed by atoms with Gasteiger partial charge in [0.15, 0.2) is 0 Å². The smallest absolute Gasteiger partial charge is 0.227 e. The van der Waals surface area contributed by atoms with Gasteiger partial charge in [-0.15, -0.1) is 0 Å². The minimum absolute atomic E-state index is 0.0343. The normalized spacial score (nSPS) is 16.9. The van der Waals surface area contributed by atoms with Gasteiger partial charge in [-0.3, -0.25) is 14.3 Å².